The van der Waals surface area contributed by atoms with E-state index in [9.17, 15) is 9.90 Å². The van der Waals surface area contributed by atoms with Crippen LogP contribution in [0.5, 0.6) is 0 Å². The first-order chi connectivity index (χ1) is 7.38. The fraction of sp³-hybridized carbons (Fsp3) is 0.917. The summed E-state index contributed by atoms with van der Waals surface area (Å²) in [7, 11) is 0. The Labute approximate surface area is 96.6 Å². The van der Waals surface area contributed by atoms with E-state index in [0.29, 0.717) is 0 Å². The SMILES string of the molecule is CC(C)(C)OC(=O)N1[C@H]2CC[C@@H](O)[C@H]1CC2. The Balaban J connectivity index is 2.07. The summed E-state index contributed by atoms with van der Waals surface area (Å²) >= 11 is 0. The quantitative estimate of drug-likeness (QED) is 0.687. The van der Waals surface area contributed by atoms with E-state index in [0.717, 1.165) is 25.7 Å². The molecule has 0 unspecified atom stereocenters. The average Bonchev–Trinajstić information content (AvgIpc) is 2.46. The van der Waals surface area contributed by atoms with Gasteiger partial charge in [0.1, 0.15) is 5.60 Å². The largest absolute Gasteiger partial charge is 0.444 e. The van der Waals surface area contributed by atoms with Crippen LogP contribution in [0.2, 0.25) is 0 Å². The number of hydrogen-bond acceptors (Lipinski definition) is 3. The number of piperidine rings is 1. The molecule has 0 aliphatic carbocycles. The van der Waals surface area contributed by atoms with E-state index in [1.165, 1.54) is 0 Å². The first-order valence-corrected chi connectivity index (χ1v) is 6.08. The third kappa shape index (κ3) is 2.17. The zero-order valence-electron chi connectivity index (χ0n) is 10.3. The van der Waals surface area contributed by atoms with Crippen LogP contribution in [0.15, 0.2) is 0 Å². The molecule has 92 valence electrons. The number of carbonyl (C=O) groups is 1. The van der Waals surface area contributed by atoms with Crippen LogP contribution in [0.1, 0.15) is 46.5 Å². The molecule has 2 saturated heterocycles. The smallest absolute Gasteiger partial charge is 0.410 e. The standard InChI is InChI=1S/C12H21NO3/c1-12(2,3)16-11(15)13-8-4-6-9(13)10(14)7-5-8/h8-10,14H,4-7H2,1-3H3/t8-,9-,10-/m1/s1. The molecule has 2 aliphatic heterocycles. The van der Waals surface area contributed by atoms with Gasteiger partial charge in [-0.25, -0.2) is 4.79 Å². The Morgan fingerprint density at radius 3 is 2.50 bits per heavy atom. The van der Waals surface area contributed by atoms with Crippen molar-refractivity contribution in [2.45, 2.75) is 70.2 Å². The van der Waals surface area contributed by atoms with Gasteiger partial charge >= 0.3 is 6.09 Å². The molecule has 2 fully saturated rings. The van der Waals surface area contributed by atoms with E-state index < -0.39 is 5.60 Å². The molecule has 0 aromatic rings. The van der Waals surface area contributed by atoms with Crippen molar-refractivity contribution >= 4 is 6.09 Å². The topological polar surface area (TPSA) is 49.8 Å². The molecule has 2 rings (SSSR count). The third-order valence-electron chi connectivity index (χ3n) is 3.39. The van der Waals surface area contributed by atoms with Gasteiger partial charge in [-0.1, -0.05) is 0 Å². The summed E-state index contributed by atoms with van der Waals surface area (Å²) in [6.07, 6.45) is 2.99. The average molecular weight is 227 g/mol. The van der Waals surface area contributed by atoms with Crippen molar-refractivity contribution in [3.8, 4) is 0 Å². The highest BCUT2D eigenvalue weighted by Crippen LogP contribution is 2.36. The molecule has 4 heteroatoms. The first kappa shape index (κ1) is 11.7. The summed E-state index contributed by atoms with van der Waals surface area (Å²) in [5.74, 6) is 0. The van der Waals surface area contributed by atoms with E-state index in [1.54, 1.807) is 4.90 Å². The second-order valence-corrected chi connectivity index (χ2v) is 5.83. The van der Waals surface area contributed by atoms with Crippen LogP contribution in [0, 0.1) is 0 Å². The van der Waals surface area contributed by atoms with Gasteiger partial charge in [0.2, 0.25) is 0 Å². The summed E-state index contributed by atoms with van der Waals surface area (Å²) in [6, 6.07) is 0.261. The van der Waals surface area contributed by atoms with Crippen molar-refractivity contribution in [3.05, 3.63) is 0 Å². The van der Waals surface area contributed by atoms with Crippen molar-refractivity contribution in [3.63, 3.8) is 0 Å². The van der Waals surface area contributed by atoms with Gasteiger partial charge in [-0.2, -0.15) is 0 Å². The van der Waals surface area contributed by atoms with Gasteiger partial charge in [0.15, 0.2) is 0 Å². The van der Waals surface area contributed by atoms with Crippen molar-refractivity contribution in [2.24, 2.45) is 0 Å². The minimum atomic E-state index is -0.459. The molecular formula is C12H21NO3. The van der Waals surface area contributed by atoms with Crippen molar-refractivity contribution in [2.75, 3.05) is 0 Å². The molecule has 1 N–H and O–H groups in total. The second-order valence-electron chi connectivity index (χ2n) is 5.83. The van der Waals surface area contributed by atoms with Gasteiger partial charge in [-0.15, -0.1) is 0 Å². The van der Waals surface area contributed by atoms with Crippen LogP contribution in [-0.2, 0) is 4.74 Å². The highest BCUT2D eigenvalue weighted by molar-refractivity contribution is 5.69. The van der Waals surface area contributed by atoms with Gasteiger partial charge in [-0.3, -0.25) is 4.90 Å². The number of aliphatic hydroxyl groups is 1. The molecule has 0 spiro atoms. The van der Waals surface area contributed by atoms with Crippen LogP contribution in [0.4, 0.5) is 4.79 Å². The summed E-state index contributed by atoms with van der Waals surface area (Å²) in [5.41, 5.74) is -0.459. The Kier molecular flexibility index (Phi) is 2.86. The predicted octanol–water partition coefficient (Wildman–Crippen LogP) is 1.91. The zero-order valence-corrected chi connectivity index (χ0v) is 10.3. The minimum Gasteiger partial charge on any atom is -0.444 e. The molecule has 3 atom stereocenters. The molecule has 0 radical (unpaired) electrons. The normalized spacial score (nSPS) is 34.0. The summed E-state index contributed by atoms with van der Waals surface area (Å²) in [6.45, 7) is 5.60. The van der Waals surface area contributed by atoms with Crippen LogP contribution in [0.3, 0.4) is 0 Å². The van der Waals surface area contributed by atoms with Gasteiger partial charge < -0.3 is 9.84 Å². The van der Waals surface area contributed by atoms with Crippen molar-refractivity contribution in [1.29, 1.82) is 0 Å². The zero-order chi connectivity index (χ0) is 11.9. The highest BCUT2D eigenvalue weighted by atomic mass is 16.6. The third-order valence-corrected chi connectivity index (χ3v) is 3.39. The second kappa shape index (κ2) is 3.91. The molecule has 0 saturated carbocycles. The molecule has 16 heavy (non-hydrogen) atoms. The fourth-order valence-electron chi connectivity index (χ4n) is 2.73. The number of carbonyl (C=O) groups excluding carboxylic acids is 1. The van der Waals surface area contributed by atoms with Crippen LogP contribution in [-0.4, -0.2) is 39.9 Å². The lowest BCUT2D eigenvalue weighted by Crippen LogP contribution is -2.51. The van der Waals surface area contributed by atoms with E-state index >= 15 is 0 Å². The summed E-state index contributed by atoms with van der Waals surface area (Å²) < 4.78 is 5.38. The van der Waals surface area contributed by atoms with Gasteiger partial charge in [0.25, 0.3) is 0 Å². The Morgan fingerprint density at radius 1 is 1.25 bits per heavy atom. The van der Waals surface area contributed by atoms with Gasteiger partial charge in [0.05, 0.1) is 12.1 Å². The van der Waals surface area contributed by atoms with Crippen molar-refractivity contribution < 1.29 is 14.6 Å². The molecule has 0 aromatic carbocycles. The number of aliphatic hydroxyl groups excluding tert-OH is 1. The molecule has 2 bridgehead atoms. The molecule has 1 amide bonds. The molecule has 4 nitrogen and oxygen atoms in total. The van der Waals surface area contributed by atoms with Crippen LogP contribution in [0.25, 0.3) is 0 Å². The highest BCUT2D eigenvalue weighted by Gasteiger charge is 2.45. The predicted molar refractivity (Wildman–Crippen MR) is 60.1 cm³/mol. The lowest BCUT2D eigenvalue weighted by Gasteiger charge is -2.38. The Morgan fingerprint density at radius 2 is 1.88 bits per heavy atom. The fourth-order valence-corrected chi connectivity index (χ4v) is 2.73. The summed E-state index contributed by atoms with van der Waals surface area (Å²) in [5, 5.41) is 9.86. The maximum absolute atomic E-state index is 12.0. The van der Waals surface area contributed by atoms with E-state index in [2.05, 4.69) is 0 Å². The number of nitrogens with zero attached hydrogens (tertiary/aromatic N) is 1. The lowest BCUT2D eigenvalue weighted by atomic mass is 10.0. The van der Waals surface area contributed by atoms with E-state index in [1.807, 2.05) is 20.8 Å². The van der Waals surface area contributed by atoms with Crippen molar-refractivity contribution in [1.82, 2.24) is 4.90 Å². The number of hydrogen-bond donors (Lipinski definition) is 1. The molecule has 2 aliphatic rings. The maximum Gasteiger partial charge on any atom is 0.410 e. The van der Waals surface area contributed by atoms with Gasteiger partial charge in [0, 0.05) is 6.04 Å². The molecule has 0 aromatic heterocycles. The monoisotopic (exact) mass is 227 g/mol. The van der Waals surface area contributed by atoms with E-state index in [4.69, 9.17) is 4.74 Å². The van der Waals surface area contributed by atoms with Crippen LogP contribution < -0.4 is 0 Å². The van der Waals surface area contributed by atoms with E-state index in [-0.39, 0.29) is 24.3 Å². The minimum absolute atomic E-state index is 0.0198. The number of fused-ring (bicyclic) bond motifs is 2. The summed E-state index contributed by atoms with van der Waals surface area (Å²) in [4.78, 5) is 13.8. The Hall–Kier alpha value is -0.770. The molecular weight excluding hydrogens is 206 g/mol. The lowest BCUT2D eigenvalue weighted by molar-refractivity contribution is -0.0221. The maximum atomic E-state index is 12.0. The Bertz CT molecular complexity index is 284. The number of ether oxygens (including phenoxy) is 1. The number of amides is 1. The number of rotatable bonds is 0. The molecule has 2 heterocycles. The van der Waals surface area contributed by atoms with Gasteiger partial charge in [-0.05, 0) is 46.5 Å². The van der Waals surface area contributed by atoms with Crippen LogP contribution >= 0.6 is 0 Å². The first-order valence-electron chi connectivity index (χ1n) is 6.08.